The van der Waals surface area contributed by atoms with E-state index in [9.17, 15) is 14.4 Å². The summed E-state index contributed by atoms with van der Waals surface area (Å²) in [6.45, 7) is 3.54. The Morgan fingerprint density at radius 2 is 1.82 bits per heavy atom. The molecule has 7 nitrogen and oxygen atoms in total. The molecule has 98 valence electrons. The zero-order valence-electron chi connectivity index (χ0n) is 10.2. The van der Waals surface area contributed by atoms with Gasteiger partial charge < -0.3 is 21.1 Å². The number of carbonyl (C=O) groups is 3. The van der Waals surface area contributed by atoms with Crippen molar-refractivity contribution in [2.24, 2.45) is 5.92 Å². The Hall–Kier alpha value is -1.79. The first-order valence-corrected chi connectivity index (χ1v) is 5.34. The molecule has 0 aromatic rings. The molecule has 0 aromatic carbocycles. The first-order valence-electron chi connectivity index (χ1n) is 5.34. The summed E-state index contributed by atoms with van der Waals surface area (Å²) in [5.41, 5.74) is 0. The quantitative estimate of drug-likeness (QED) is 0.507. The highest BCUT2D eigenvalue weighted by molar-refractivity contribution is 5.86. The number of hydrogen-bond donors (Lipinski definition) is 4. The van der Waals surface area contributed by atoms with Crippen molar-refractivity contribution in [2.45, 2.75) is 26.3 Å². The number of hydrogen-bond acceptors (Lipinski definition) is 3. The Kier molecular flexibility index (Phi) is 6.69. The molecule has 0 aliphatic rings. The highest BCUT2D eigenvalue weighted by Crippen LogP contribution is 2.04. The standard InChI is InChI=1S/C10H19N3O4/c1-6(2)4-7(9(15)16)13-10(17)12-5-8(14)11-3/h6-7H,4-5H2,1-3H3,(H,11,14)(H,15,16)(H2,12,13,17)/t7-/m0/s1. The second-order valence-electron chi connectivity index (χ2n) is 4.02. The highest BCUT2D eigenvalue weighted by Gasteiger charge is 2.20. The molecular formula is C10H19N3O4. The van der Waals surface area contributed by atoms with Crippen molar-refractivity contribution in [2.75, 3.05) is 13.6 Å². The van der Waals surface area contributed by atoms with Crippen LogP contribution < -0.4 is 16.0 Å². The lowest BCUT2D eigenvalue weighted by Gasteiger charge is -2.16. The number of rotatable bonds is 6. The maximum absolute atomic E-state index is 11.3. The van der Waals surface area contributed by atoms with Crippen LogP contribution in [-0.2, 0) is 9.59 Å². The monoisotopic (exact) mass is 245 g/mol. The number of amides is 3. The molecule has 0 aromatic heterocycles. The normalized spacial score (nSPS) is 11.8. The van der Waals surface area contributed by atoms with E-state index in [2.05, 4.69) is 16.0 Å². The minimum atomic E-state index is -1.09. The van der Waals surface area contributed by atoms with Crippen LogP contribution in [0.2, 0.25) is 0 Å². The maximum Gasteiger partial charge on any atom is 0.326 e. The topological polar surface area (TPSA) is 108 Å². The van der Waals surface area contributed by atoms with E-state index in [0.29, 0.717) is 6.42 Å². The molecule has 0 rings (SSSR count). The van der Waals surface area contributed by atoms with E-state index in [1.807, 2.05) is 13.8 Å². The third kappa shape index (κ3) is 7.15. The lowest BCUT2D eigenvalue weighted by atomic mass is 10.0. The molecular weight excluding hydrogens is 226 g/mol. The first-order chi connectivity index (χ1) is 7.86. The lowest BCUT2D eigenvalue weighted by molar-refractivity contribution is -0.139. The van der Waals surface area contributed by atoms with E-state index < -0.39 is 18.0 Å². The summed E-state index contributed by atoms with van der Waals surface area (Å²) in [5.74, 6) is -1.29. The van der Waals surface area contributed by atoms with Crippen molar-refractivity contribution in [3.8, 4) is 0 Å². The van der Waals surface area contributed by atoms with Crippen molar-refractivity contribution in [1.29, 1.82) is 0 Å². The molecule has 0 saturated heterocycles. The predicted octanol–water partition coefficient (Wildman–Crippen LogP) is -0.469. The van der Waals surface area contributed by atoms with Crippen molar-refractivity contribution < 1.29 is 19.5 Å². The Bertz CT molecular complexity index is 291. The Labute approximate surface area is 100.0 Å². The summed E-state index contributed by atoms with van der Waals surface area (Å²) >= 11 is 0. The third-order valence-corrected chi connectivity index (χ3v) is 2.00. The second kappa shape index (κ2) is 7.48. The van der Waals surface area contributed by atoms with Gasteiger partial charge in [0, 0.05) is 7.05 Å². The van der Waals surface area contributed by atoms with Gasteiger partial charge in [-0.3, -0.25) is 4.79 Å². The van der Waals surface area contributed by atoms with Gasteiger partial charge in [0.25, 0.3) is 0 Å². The van der Waals surface area contributed by atoms with Crippen LogP contribution in [0.3, 0.4) is 0 Å². The van der Waals surface area contributed by atoms with E-state index in [1.54, 1.807) is 0 Å². The molecule has 0 unspecified atom stereocenters. The minimum Gasteiger partial charge on any atom is -0.480 e. The maximum atomic E-state index is 11.3. The Balaban J connectivity index is 4.13. The lowest BCUT2D eigenvalue weighted by Crippen LogP contribution is -2.48. The Morgan fingerprint density at radius 1 is 1.24 bits per heavy atom. The molecule has 0 spiro atoms. The van der Waals surface area contributed by atoms with Crippen LogP contribution >= 0.6 is 0 Å². The van der Waals surface area contributed by atoms with Gasteiger partial charge in [-0.1, -0.05) is 13.8 Å². The highest BCUT2D eigenvalue weighted by atomic mass is 16.4. The molecule has 0 radical (unpaired) electrons. The Morgan fingerprint density at radius 3 is 2.24 bits per heavy atom. The van der Waals surface area contributed by atoms with E-state index in [-0.39, 0.29) is 18.4 Å². The van der Waals surface area contributed by atoms with Gasteiger partial charge in [-0.2, -0.15) is 0 Å². The number of carboxylic acid groups (broad SMARTS) is 1. The molecule has 7 heteroatoms. The van der Waals surface area contributed by atoms with Gasteiger partial charge in [0.15, 0.2) is 0 Å². The van der Waals surface area contributed by atoms with Gasteiger partial charge in [-0.15, -0.1) is 0 Å². The fourth-order valence-electron chi connectivity index (χ4n) is 1.15. The van der Waals surface area contributed by atoms with E-state index >= 15 is 0 Å². The van der Waals surface area contributed by atoms with Crippen molar-refractivity contribution in [3.05, 3.63) is 0 Å². The van der Waals surface area contributed by atoms with Gasteiger partial charge in [0.1, 0.15) is 6.04 Å². The van der Waals surface area contributed by atoms with Crippen molar-refractivity contribution in [1.82, 2.24) is 16.0 Å². The largest absolute Gasteiger partial charge is 0.480 e. The SMILES string of the molecule is CNC(=O)CNC(=O)N[C@@H](CC(C)C)C(=O)O. The summed E-state index contributed by atoms with van der Waals surface area (Å²) in [5, 5.41) is 15.8. The van der Waals surface area contributed by atoms with Crippen LogP contribution in [0.1, 0.15) is 20.3 Å². The van der Waals surface area contributed by atoms with Gasteiger partial charge in [0.05, 0.1) is 6.54 Å². The van der Waals surface area contributed by atoms with Gasteiger partial charge in [0.2, 0.25) is 5.91 Å². The zero-order valence-corrected chi connectivity index (χ0v) is 10.2. The third-order valence-electron chi connectivity index (χ3n) is 2.00. The van der Waals surface area contributed by atoms with Crippen LogP contribution in [0.4, 0.5) is 4.79 Å². The number of nitrogens with one attached hydrogen (secondary N) is 3. The fraction of sp³-hybridized carbons (Fsp3) is 0.700. The van der Waals surface area contributed by atoms with Crippen molar-refractivity contribution >= 4 is 17.9 Å². The summed E-state index contributed by atoms with van der Waals surface area (Å²) in [4.78, 5) is 33.0. The van der Waals surface area contributed by atoms with E-state index in [0.717, 1.165) is 0 Å². The van der Waals surface area contributed by atoms with Gasteiger partial charge in [-0.25, -0.2) is 9.59 Å². The van der Waals surface area contributed by atoms with Crippen LogP contribution in [0, 0.1) is 5.92 Å². The number of carbonyl (C=O) groups excluding carboxylic acids is 2. The molecule has 0 aliphatic carbocycles. The molecule has 0 saturated carbocycles. The van der Waals surface area contributed by atoms with Gasteiger partial charge in [-0.05, 0) is 12.3 Å². The first kappa shape index (κ1) is 15.2. The van der Waals surface area contributed by atoms with Crippen LogP contribution in [0.15, 0.2) is 0 Å². The minimum absolute atomic E-state index is 0.148. The van der Waals surface area contributed by atoms with Crippen LogP contribution in [-0.4, -0.2) is 42.6 Å². The second-order valence-corrected chi connectivity index (χ2v) is 4.02. The number of likely N-dealkylation sites (N-methyl/N-ethyl adjacent to an activating group) is 1. The smallest absolute Gasteiger partial charge is 0.326 e. The van der Waals surface area contributed by atoms with E-state index in [1.165, 1.54) is 7.05 Å². The molecule has 0 fully saturated rings. The number of carboxylic acids is 1. The molecule has 0 bridgehead atoms. The van der Waals surface area contributed by atoms with Crippen molar-refractivity contribution in [3.63, 3.8) is 0 Å². The van der Waals surface area contributed by atoms with Crippen LogP contribution in [0.5, 0.6) is 0 Å². The summed E-state index contributed by atoms with van der Waals surface area (Å²) in [6, 6.07) is -1.61. The molecule has 0 heterocycles. The predicted molar refractivity (Wildman–Crippen MR) is 61.5 cm³/mol. The summed E-state index contributed by atoms with van der Waals surface area (Å²) in [6.07, 6.45) is 0.336. The molecule has 0 aliphatic heterocycles. The molecule has 1 atom stereocenters. The number of urea groups is 1. The van der Waals surface area contributed by atoms with Gasteiger partial charge >= 0.3 is 12.0 Å². The fourth-order valence-corrected chi connectivity index (χ4v) is 1.15. The average Bonchev–Trinajstić information content (AvgIpc) is 2.24. The summed E-state index contributed by atoms with van der Waals surface area (Å²) < 4.78 is 0. The van der Waals surface area contributed by atoms with E-state index in [4.69, 9.17) is 5.11 Å². The van der Waals surface area contributed by atoms with Crippen LogP contribution in [0.25, 0.3) is 0 Å². The number of aliphatic carboxylic acids is 1. The molecule has 17 heavy (non-hydrogen) atoms. The molecule has 4 N–H and O–H groups in total. The average molecular weight is 245 g/mol. The summed E-state index contributed by atoms with van der Waals surface area (Å²) in [7, 11) is 1.45. The molecule has 3 amide bonds. The zero-order chi connectivity index (χ0) is 13.4.